The van der Waals surface area contributed by atoms with E-state index < -0.39 is 0 Å². The molecule has 0 unspecified atom stereocenters. The van der Waals surface area contributed by atoms with Gasteiger partial charge in [-0.25, -0.2) is 4.98 Å². The Bertz CT molecular complexity index is 633. The summed E-state index contributed by atoms with van der Waals surface area (Å²) < 4.78 is 0. The smallest absolute Gasteiger partial charge is 0.107 e. The Labute approximate surface area is 134 Å². The van der Waals surface area contributed by atoms with E-state index in [2.05, 4.69) is 22.0 Å². The Morgan fingerprint density at radius 1 is 1.32 bits per heavy atom. The topological polar surface area (TPSA) is 56.6 Å². The van der Waals surface area contributed by atoms with Gasteiger partial charge in [0.25, 0.3) is 0 Å². The number of aliphatic hydroxyl groups is 2. The van der Waals surface area contributed by atoms with Crippen LogP contribution >= 0.6 is 11.3 Å². The molecule has 116 valence electrons. The molecule has 22 heavy (non-hydrogen) atoms. The molecule has 2 aromatic rings. The average molecular weight is 316 g/mol. The quantitative estimate of drug-likeness (QED) is 0.902. The van der Waals surface area contributed by atoms with Crippen LogP contribution in [-0.2, 0) is 6.54 Å². The number of likely N-dealkylation sites (tertiary alicyclic amines) is 1. The average Bonchev–Trinajstić information content (AvgIpc) is 2.81. The number of aliphatic hydroxyl groups excluding tert-OH is 2. The van der Waals surface area contributed by atoms with E-state index >= 15 is 0 Å². The Morgan fingerprint density at radius 2 is 2.14 bits per heavy atom. The zero-order valence-electron chi connectivity index (χ0n) is 12.3. The Hall–Kier alpha value is -1.27. The number of benzene rings is 1. The summed E-state index contributed by atoms with van der Waals surface area (Å²) in [5.74, 6) is 0.418. The number of hydrogen-bond acceptors (Lipinski definition) is 5. The Balaban J connectivity index is 1.56. The van der Waals surface area contributed by atoms with Crippen LogP contribution in [0.2, 0.25) is 0 Å². The van der Waals surface area contributed by atoms with Gasteiger partial charge in [0, 0.05) is 36.7 Å². The van der Waals surface area contributed by atoms with Crippen molar-refractivity contribution in [3.63, 3.8) is 0 Å². The molecule has 0 radical (unpaired) electrons. The van der Waals surface area contributed by atoms with Crippen molar-refractivity contribution >= 4 is 11.3 Å². The van der Waals surface area contributed by atoms with Gasteiger partial charge in [-0.3, -0.25) is 4.90 Å². The van der Waals surface area contributed by atoms with E-state index in [0.29, 0.717) is 6.54 Å². The molecule has 4 rings (SSSR count). The molecule has 0 amide bonds. The van der Waals surface area contributed by atoms with E-state index in [1.165, 1.54) is 5.56 Å². The molecule has 5 heteroatoms. The molecule has 4 atom stereocenters. The SMILES string of the molecule is OC[C@@H]1[C@@H](c2ccccc2)[C@]12CN(Cc1nccs1)C[C@@H]2O. The highest BCUT2D eigenvalue weighted by Gasteiger charge is 2.70. The maximum atomic E-state index is 10.7. The molecule has 1 spiro atoms. The zero-order valence-corrected chi connectivity index (χ0v) is 13.1. The van der Waals surface area contributed by atoms with E-state index in [4.69, 9.17) is 0 Å². The fourth-order valence-electron chi connectivity index (χ4n) is 4.30. The minimum absolute atomic E-state index is 0.141. The van der Waals surface area contributed by atoms with Crippen LogP contribution in [0.3, 0.4) is 0 Å². The minimum atomic E-state index is -0.380. The van der Waals surface area contributed by atoms with Crippen molar-refractivity contribution in [2.45, 2.75) is 18.6 Å². The minimum Gasteiger partial charge on any atom is -0.396 e. The maximum absolute atomic E-state index is 10.7. The van der Waals surface area contributed by atoms with Gasteiger partial charge in [-0.05, 0) is 17.4 Å². The van der Waals surface area contributed by atoms with Gasteiger partial charge in [-0.2, -0.15) is 0 Å². The molecule has 1 aromatic carbocycles. The summed E-state index contributed by atoms with van der Waals surface area (Å²) in [6.07, 6.45) is 1.44. The molecule has 0 bridgehead atoms. The van der Waals surface area contributed by atoms with Crippen molar-refractivity contribution in [1.82, 2.24) is 9.88 Å². The van der Waals surface area contributed by atoms with E-state index in [0.717, 1.165) is 18.1 Å². The van der Waals surface area contributed by atoms with Crippen LogP contribution in [0.4, 0.5) is 0 Å². The predicted octanol–water partition coefficient (Wildman–Crippen LogP) is 1.71. The number of thiazole rings is 1. The standard InChI is InChI=1S/C17H20N2O2S/c20-10-13-16(12-4-2-1-3-5-12)17(13)11-19(8-14(17)21)9-15-18-6-7-22-15/h1-7,13-14,16,20-21H,8-11H2/t13-,14+,16-,17-/m1/s1. The molecule has 2 fully saturated rings. The highest BCUT2D eigenvalue weighted by atomic mass is 32.1. The summed E-state index contributed by atoms with van der Waals surface area (Å²) >= 11 is 1.65. The van der Waals surface area contributed by atoms with Gasteiger partial charge < -0.3 is 10.2 Å². The number of aromatic nitrogens is 1. The third kappa shape index (κ3) is 2.12. The van der Waals surface area contributed by atoms with Crippen molar-refractivity contribution in [3.8, 4) is 0 Å². The Kier molecular flexibility index (Phi) is 3.53. The summed E-state index contributed by atoms with van der Waals surface area (Å²) in [7, 11) is 0. The molecule has 2 N–H and O–H groups in total. The monoisotopic (exact) mass is 316 g/mol. The predicted molar refractivity (Wildman–Crippen MR) is 85.6 cm³/mol. The highest BCUT2D eigenvalue weighted by molar-refractivity contribution is 7.09. The Morgan fingerprint density at radius 3 is 2.82 bits per heavy atom. The lowest BCUT2D eigenvalue weighted by Crippen LogP contribution is -2.23. The van der Waals surface area contributed by atoms with Crippen LogP contribution in [0, 0.1) is 11.3 Å². The lowest BCUT2D eigenvalue weighted by atomic mass is 9.95. The molecule has 4 nitrogen and oxygen atoms in total. The molecule has 1 saturated heterocycles. The van der Waals surface area contributed by atoms with Crippen LogP contribution in [-0.4, -0.2) is 45.9 Å². The van der Waals surface area contributed by atoms with Gasteiger partial charge in [0.15, 0.2) is 0 Å². The molecule has 1 aromatic heterocycles. The molecule has 1 aliphatic heterocycles. The first kappa shape index (κ1) is 14.3. The van der Waals surface area contributed by atoms with E-state index in [1.807, 2.05) is 29.8 Å². The number of β-amino-alcohol motifs (C(OH)–C–C–N with tert-alkyl or cyclic N) is 1. The van der Waals surface area contributed by atoms with Gasteiger partial charge in [0.1, 0.15) is 5.01 Å². The summed E-state index contributed by atoms with van der Waals surface area (Å²) in [5.41, 5.74) is 1.05. The molecule has 1 saturated carbocycles. The third-order valence-corrected chi connectivity index (χ3v) is 6.07. The largest absolute Gasteiger partial charge is 0.396 e. The molecule has 1 aliphatic carbocycles. The van der Waals surface area contributed by atoms with E-state index in [1.54, 1.807) is 11.3 Å². The lowest BCUT2D eigenvalue weighted by Gasteiger charge is -2.15. The van der Waals surface area contributed by atoms with Crippen molar-refractivity contribution in [3.05, 3.63) is 52.5 Å². The second kappa shape index (κ2) is 5.42. The molecule has 2 aliphatic rings. The van der Waals surface area contributed by atoms with Crippen molar-refractivity contribution in [2.24, 2.45) is 11.3 Å². The normalized spacial score (nSPS) is 34.4. The first-order chi connectivity index (χ1) is 10.8. The van der Waals surface area contributed by atoms with Crippen LogP contribution in [0.5, 0.6) is 0 Å². The van der Waals surface area contributed by atoms with E-state index in [9.17, 15) is 10.2 Å². The fraction of sp³-hybridized carbons (Fsp3) is 0.471. The number of hydrogen-bond donors (Lipinski definition) is 2. The highest BCUT2D eigenvalue weighted by Crippen LogP contribution is 2.68. The summed E-state index contributed by atoms with van der Waals surface area (Å²) in [6.45, 7) is 2.43. The first-order valence-electron chi connectivity index (χ1n) is 7.70. The van der Waals surface area contributed by atoms with Gasteiger partial charge in [-0.15, -0.1) is 11.3 Å². The van der Waals surface area contributed by atoms with Crippen LogP contribution in [0.15, 0.2) is 41.9 Å². The molecule has 2 heterocycles. The fourth-order valence-corrected chi connectivity index (χ4v) is 4.96. The molecular weight excluding hydrogens is 296 g/mol. The lowest BCUT2D eigenvalue weighted by molar-refractivity contribution is 0.111. The van der Waals surface area contributed by atoms with Crippen molar-refractivity contribution in [1.29, 1.82) is 0 Å². The van der Waals surface area contributed by atoms with Crippen LogP contribution < -0.4 is 0 Å². The number of rotatable bonds is 4. The summed E-state index contributed by atoms with van der Waals surface area (Å²) in [4.78, 5) is 6.61. The molecular formula is C17H20N2O2S. The van der Waals surface area contributed by atoms with E-state index in [-0.39, 0.29) is 30.0 Å². The third-order valence-electron chi connectivity index (χ3n) is 5.31. The second-order valence-corrected chi connectivity index (χ2v) is 7.38. The van der Waals surface area contributed by atoms with Gasteiger partial charge in [0.05, 0.1) is 12.6 Å². The van der Waals surface area contributed by atoms with Gasteiger partial charge in [-0.1, -0.05) is 30.3 Å². The van der Waals surface area contributed by atoms with Gasteiger partial charge in [0.2, 0.25) is 0 Å². The zero-order chi connectivity index (χ0) is 15.2. The number of nitrogens with zero attached hydrogens (tertiary/aromatic N) is 2. The summed E-state index contributed by atoms with van der Waals surface area (Å²) in [6, 6.07) is 10.3. The van der Waals surface area contributed by atoms with Crippen LogP contribution in [0.25, 0.3) is 0 Å². The second-order valence-electron chi connectivity index (χ2n) is 6.40. The van der Waals surface area contributed by atoms with Gasteiger partial charge >= 0.3 is 0 Å². The first-order valence-corrected chi connectivity index (χ1v) is 8.58. The maximum Gasteiger partial charge on any atom is 0.107 e. The van der Waals surface area contributed by atoms with Crippen molar-refractivity contribution in [2.75, 3.05) is 19.7 Å². The van der Waals surface area contributed by atoms with Crippen LogP contribution in [0.1, 0.15) is 16.5 Å². The summed E-state index contributed by atoms with van der Waals surface area (Å²) in [5, 5.41) is 23.5. The van der Waals surface area contributed by atoms with Crippen molar-refractivity contribution < 1.29 is 10.2 Å².